The third-order valence-electron chi connectivity index (χ3n) is 4.94. The Morgan fingerprint density at radius 3 is 2.37 bits per heavy atom. The largest absolute Gasteiger partial charge is 0.487 e. The predicted octanol–water partition coefficient (Wildman–Crippen LogP) is 6.12. The van der Waals surface area contributed by atoms with Gasteiger partial charge in [0.25, 0.3) is 11.6 Å². The molecule has 1 aromatic heterocycles. The van der Waals surface area contributed by atoms with E-state index in [1.165, 1.54) is 30.3 Å². The molecule has 1 amide bonds. The molecule has 8 nitrogen and oxygen atoms in total. The Labute approximate surface area is 209 Å². The molecule has 0 fully saturated rings. The van der Waals surface area contributed by atoms with E-state index in [0.717, 1.165) is 11.1 Å². The lowest BCUT2D eigenvalue weighted by molar-refractivity contribution is -0.384. The van der Waals surface area contributed by atoms with Crippen molar-refractivity contribution in [1.29, 1.82) is 0 Å². The Morgan fingerprint density at radius 1 is 1.03 bits per heavy atom. The minimum Gasteiger partial charge on any atom is -0.487 e. The van der Waals surface area contributed by atoms with E-state index in [9.17, 15) is 19.3 Å². The predicted molar refractivity (Wildman–Crippen MR) is 130 cm³/mol. The summed E-state index contributed by atoms with van der Waals surface area (Å²) in [6.07, 6.45) is 1.57. The number of anilines is 1. The second kappa shape index (κ2) is 10.5. The number of nitro groups is 1. The van der Waals surface area contributed by atoms with Gasteiger partial charge in [0.1, 0.15) is 23.2 Å². The van der Waals surface area contributed by atoms with Gasteiger partial charge in [0.05, 0.1) is 16.5 Å². The summed E-state index contributed by atoms with van der Waals surface area (Å²) in [6, 6.07) is 16.6. The fourth-order valence-corrected chi connectivity index (χ4v) is 3.58. The molecule has 0 saturated carbocycles. The number of nitro benzene ring substituents is 1. The fourth-order valence-electron chi connectivity index (χ4n) is 3.15. The van der Waals surface area contributed by atoms with E-state index in [1.54, 1.807) is 47.3 Å². The third kappa shape index (κ3) is 6.14. The van der Waals surface area contributed by atoms with Crippen molar-refractivity contribution in [3.63, 3.8) is 0 Å². The average molecular weight is 515 g/mol. The van der Waals surface area contributed by atoms with Gasteiger partial charge in [-0.2, -0.15) is 5.10 Å². The van der Waals surface area contributed by atoms with Gasteiger partial charge in [0, 0.05) is 23.9 Å². The van der Waals surface area contributed by atoms with Crippen LogP contribution >= 0.6 is 23.2 Å². The van der Waals surface area contributed by atoms with E-state index in [-0.39, 0.29) is 34.0 Å². The maximum Gasteiger partial charge on any atom is 0.271 e. The van der Waals surface area contributed by atoms with Gasteiger partial charge in [-0.1, -0.05) is 47.5 Å². The highest BCUT2D eigenvalue weighted by Crippen LogP contribution is 2.29. The van der Waals surface area contributed by atoms with E-state index in [1.807, 2.05) is 0 Å². The molecule has 3 aromatic carbocycles. The first-order valence-electron chi connectivity index (χ1n) is 10.2. The molecule has 0 spiro atoms. The van der Waals surface area contributed by atoms with Crippen LogP contribution in [0.4, 0.5) is 15.9 Å². The molecule has 1 heterocycles. The highest BCUT2D eigenvalue weighted by molar-refractivity contribution is 6.33. The number of rotatable bonds is 8. The van der Waals surface area contributed by atoms with Crippen LogP contribution in [-0.2, 0) is 13.2 Å². The van der Waals surface area contributed by atoms with Crippen molar-refractivity contribution in [2.24, 2.45) is 0 Å². The molecule has 0 atom stereocenters. The molecule has 11 heteroatoms. The van der Waals surface area contributed by atoms with Crippen molar-refractivity contribution in [3.05, 3.63) is 116 Å². The number of carbonyl (C=O) groups is 1. The molecule has 178 valence electrons. The van der Waals surface area contributed by atoms with Crippen LogP contribution in [0.25, 0.3) is 0 Å². The first-order chi connectivity index (χ1) is 16.8. The Balaban J connectivity index is 1.35. The van der Waals surface area contributed by atoms with Crippen molar-refractivity contribution in [2.75, 3.05) is 5.32 Å². The van der Waals surface area contributed by atoms with Gasteiger partial charge < -0.3 is 10.1 Å². The van der Waals surface area contributed by atoms with Crippen molar-refractivity contribution in [3.8, 4) is 5.75 Å². The van der Waals surface area contributed by atoms with Crippen LogP contribution in [0.3, 0.4) is 0 Å². The molecule has 0 aliphatic carbocycles. The summed E-state index contributed by atoms with van der Waals surface area (Å²) in [5, 5.41) is 18.2. The smallest absolute Gasteiger partial charge is 0.271 e. The summed E-state index contributed by atoms with van der Waals surface area (Å²) < 4.78 is 20.2. The van der Waals surface area contributed by atoms with E-state index >= 15 is 0 Å². The van der Waals surface area contributed by atoms with Gasteiger partial charge in [0.15, 0.2) is 5.82 Å². The summed E-state index contributed by atoms with van der Waals surface area (Å²) >= 11 is 12.2. The quantitative estimate of drug-likeness (QED) is 0.225. The molecular weight excluding hydrogens is 498 g/mol. The van der Waals surface area contributed by atoms with Crippen LogP contribution in [0.2, 0.25) is 10.0 Å². The summed E-state index contributed by atoms with van der Waals surface area (Å²) in [4.78, 5) is 22.9. The Hall–Kier alpha value is -3.95. The number of carbonyl (C=O) groups excluding carboxylic acids is 1. The normalized spacial score (nSPS) is 10.7. The lowest BCUT2D eigenvalue weighted by atomic mass is 10.1. The van der Waals surface area contributed by atoms with Gasteiger partial charge in [-0.3, -0.25) is 19.6 Å². The summed E-state index contributed by atoms with van der Waals surface area (Å²) in [7, 11) is 0. The molecule has 0 bridgehead atoms. The number of hydrogen-bond acceptors (Lipinski definition) is 5. The molecule has 1 N–H and O–H groups in total. The Morgan fingerprint density at radius 2 is 1.71 bits per heavy atom. The van der Waals surface area contributed by atoms with Crippen LogP contribution in [0.15, 0.2) is 72.9 Å². The van der Waals surface area contributed by atoms with Crippen molar-refractivity contribution in [2.45, 2.75) is 13.2 Å². The number of aromatic nitrogens is 2. The number of ether oxygens (including phenoxy) is 1. The zero-order chi connectivity index (χ0) is 24.9. The van der Waals surface area contributed by atoms with E-state index in [2.05, 4.69) is 10.4 Å². The molecule has 0 saturated heterocycles. The lowest BCUT2D eigenvalue weighted by Crippen LogP contribution is -2.13. The van der Waals surface area contributed by atoms with Crippen LogP contribution in [0.5, 0.6) is 5.75 Å². The summed E-state index contributed by atoms with van der Waals surface area (Å²) in [5.74, 6) is -0.207. The zero-order valence-electron chi connectivity index (χ0n) is 18.0. The number of nitrogens with zero attached hydrogens (tertiary/aromatic N) is 3. The highest BCUT2D eigenvalue weighted by Gasteiger charge is 2.14. The molecule has 0 aliphatic rings. The molecular formula is C24H17Cl2FN4O4. The molecule has 0 aliphatic heterocycles. The van der Waals surface area contributed by atoms with Crippen LogP contribution in [-0.4, -0.2) is 20.6 Å². The molecule has 0 radical (unpaired) electrons. The topological polar surface area (TPSA) is 99.3 Å². The Kier molecular flexibility index (Phi) is 7.28. The molecule has 0 unspecified atom stereocenters. The van der Waals surface area contributed by atoms with Crippen LogP contribution in [0, 0.1) is 15.9 Å². The zero-order valence-corrected chi connectivity index (χ0v) is 19.5. The van der Waals surface area contributed by atoms with E-state index < -0.39 is 10.8 Å². The van der Waals surface area contributed by atoms with Gasteiger partial charge in [0.2, 0.25) is 0 Å². The van der Waals surface area contributed by atoms with E-state index in [4.69, 9.17) is 27.9 Å². The maximum absolute atomic E-state index is 13.1. The highest BCUT2D eigenvalue weighted by atomic mass is 35.5. The van der Waals surface area contributed by atoms with Gasteiger partial charge in [-0.25, -0.2) is 4.39 Å². The second-order valence-electron chi connectivity index (χ2n) is 7.46. The number of benzene rings is 3. The standard InChI is InChI=1S/C24H17Cl2FN4O4/c25-20-11-19(31(33)34)9-10-22(20)35-14-16-1-5-17(6-2-16)24(32)28-23-21(26)13-30(29-23)12-15-3-7-18(27)8-4-15/h1-11,13H,12,14H2,(H,28,29,32). The molecule has 35 heavy (non-hydrogen) atoms. The fraction of sp³-hybridized carbons (Fsp3) is 0.0833. The number of halogens is 3. The minimum atomic E-state index is -0.539. The lowest BCUT2D eigenvalue weighted by Gasteiger charge is -2.09. The molecule has 4 rings (SSSR count). The monoisotopic (exact) mass is 514 g/mol. The van der Waals surface area contributed by atoms with Crippen LogP contribution in [0.1, 0.15) is 21.5 Å². The summed E-state index contributed by atoms with van der Waals surface area (Å²) in [6.45, 7) is 0.516. The first kappa shape index (κ1) is 24.2. The number of hydrogen-bond donors (Lipinski definition) is 1. The van der Waals surface area contributed by atoms with Crippen molar-refractivity contribution < 1.29 is 18.8 Å². The second-order valence-corrected chi connectivity index (χ2v) is 8.28. The van der Waals surface area contributed by atoms with Gasteiger partial charge in [-0.15, -0.1) is 0 Å². The van der Waals surface area contributed by atoms with E-state index in [0.29, 0.717) is 17.9 Å². The number of amides is 1. The number of non-ortho nitro benzene ring substituents is 1. The Bertz CT molecular complexity index is 1380. The number of nitrogens with one attached hydrogen (secondary N) is 1. The first-order valence-corrected chi connectivity index (χ1v) is 11.0. The van der Waals surface area contributed by atoms with Gasteiger partial charge >= 0.3 is 0 Å². The average Bonchev–Trinajstić information content (AvgIpc) is 3.18. The van der Waals surface area contributed by atoms with Crippen LogP contribution < -0.4 is 10.1 Å². The van der Waals surface area contributed by atoms with Crippen molar-refractivity contribution in [1.82, 2.24) is 9.78 Å². The minimum absolute atomic E-state index is 0.127. The third-order valence-corrected chi connectivity index (χ3v) is 5.52. The molecule has 4 aromatic rings. The maximum atomic E-state index is 13.1. The SMILES string of the molecule is O=C(Nc1nn(Cc2ccc(F)cc2)cc1Cl)c1ccc(COc2ccc([N+](=O)[O-])cc2Cl)cc1. The van der Waals surface area contributed by atoms with Gasteiger partial charge in [-0.05, 0) is 41.5 Å². The van der Waals surface area contributed by atoms with Crippen molar-refractivity contribution >= 4 is 40.6 Å². The summed E-state index contributed by atoms with van der Waals surface area (Å²) in [5.41, 5.74) is 1.85.